The van der Waals surface area contributed by atoms with Crippen LogP contribution in [0.2, 0.25) is 0 Å². The fourth-order valence-corrected chi connectivity index (χ4v) is 2.85. The Labute approximate surface area is 170 Å². The Morgan fingerprint density at radius 2 is 1.64 bits per heavy atom. The van der Waals surface area contributed by atoms with Gasteiger partial charge in [-0.2, -0.15) is 0 Å². The van der Waals surface area contributed by atoms with Gasteiger partial charge < -0.3 is 9.47 Å². The quantitative estimate of drug-likeness (QED) is 0.530. The highest BCUT2D eigenvalue weighted by atomic mass is 31.0. The van der Waals surface area contributed by atoms with Gasteiger partial charge >= 0.3 is 11.9 Å². The highest BCUT2D eigenvalue weighted by molar-refractivity contribution is 7.15. The number of methoxy groups -OCH3 is 1. The lowest BCUT2D eigenvalue weighted by molar-refractivity contribution is -0.157. The van der Waals surface area contributed by atoms with E-state index in [0.717, 1.165) is 5.56 Å². The molecule has 3 atom stereocenters. The average molecular weight is 403 g/mol. The van der Waals surface area contributed by atoms with Crippen LogP contribution < -0.4 is 0 Å². The van der Waals surface area contributed by atoms with E-state index < -0.39 is 17.4 Å². The van der Waals surface area contributed by atoms with E-state index >= 15 is 0 Å². The second-order valence-corrected chi connectivity index (χ2v) is 7.09. The number of pyridine rings is 1. The highest BCUT2D eigenvalue weighted by Gasteiger charge is 2.36. The van der Waals surface area contributed by atoms with Crippen molar-refractivity contribution in [1.29, 1.82) is 0 Å². The van der Waals surface area contributed by atoms with E-state index in [4.69, 9.17) is 9.47 Å². The zero-order chi connectivity index (χ0) is 21.2. The predicted octanol–water partition coefficient (Wildman–Crippen LogP) is 4.35. The first-order chi connectivity index (χ1) is 13.3. The number of ether oxygens (including phenoxy) is 2. The molecule has 3 unspecified atom stereocenters. The van der Waals surface area contributed by atoms with Gasteiger partial charge in [0.05, 0.1) is 19.4 Å². The number of rotatable bonds is 6. The van der Waals surface area contributed by atoms with Gasteiger partial charge in [-0.15, -0.1) is 9.24 Å². The molecular formula is C22H30NO4P. The van der Waals surface area contributed by atoms with E-state index in [-0.39, 0.29) is 18.4 Å². The number of carbonyl (C=O) groups is 2. The molecule has 6 heteroatoms. The number of esters is 2. The fraction of sp³-hybridized carbons (Fsp3) is 0.409. The minimum Gasteiger partial charge on any atom is -0.469 e. The molecule has 0 N–H and O–H groups in total. The molecule has 0 fully saturated rings. The normalized spacial score (nSPS) is 12.8. The summed E-state index contributed by atoms with van der Waals surface area (Å²) in [5.74, 6) is -1.84. The summed E-state index contributed by atoms with van der Waals surface area (Å²) in [4.78, 5) is 29.2. The van der Waals surface area contributed by atoms with E-state index in [0.29, 0.717) is 5.56 Å². The smallest absolute Gasteiger partial charge is 0.314 e. The van der Waals surface area contributed by atoms with Crippen LogP contribution in [-0.2, 0) is 19.1 Å². The molecule has 0 spiro atoms. The van der Waals surface area contributed by atoms with Crippen LogP contribution in [0.25, 0.3) is 0 Å². The third-order valence-electron chi connectivity index (χ3n) is 3.95. The zero-order valence-electron chi connectivity index (χ0n) is 17.2. The Bertz CT molecular complexity index is 729. The maximum absolute atomic E-state index is 13.0. The van der Waals surface area contributed by atoms with Crippen molar-refractivity contribution >= 4 is 21.2 Å². The minimum atomic E-state index is -0.663. The first-order valence-electron chi connectivity index (χ1n) is 9.14. The van der Waals surface area contributed by atoms with Crippen molar-refractivity contribution in [2.24, 2.45) is 0 Å². The van der Waals surface area contributed by atoms with Gasteiger partial charge in [0.1, 0.15) is 5.60 Å². The molecule has 1 heterocycles. The van der Waals surface area contributed by atoms with Gasteiger partial charge in [0.15, 0.2) is 0 Å². The molecule has 0 radical (unpaired) electrons. The van der Waals surface area contributed by atoms with Crippen LogP contribution in [0.1, 0.15) is 50.2 Å². The lowest BCUT2D eigenvalue weighted by Crippen LogP contribution is -2.31. The van der Waals surface area contributed by atoms with Crippen LogP contribution >= 0.6 is 9.24 Å². The lowest BCUT2D eigenvalue weighted by atomic mass is 9.79. The van der Waals surface area contributed by atoms with E-state index in [9.17, 15) is 9.59 Å². The van der Waals surface area contributed by atoms with Crippen LogP contribution in [-0.4, -0.2) is 36.3 Å². The van der Waals surface area contributed by atoms with Gasteiger partial charge in [0, 0.05) is 18.3 Å². The van der Waals surface area contributed by atoms with Crippen LogP contribution in [0.4, 0.5) is 0 Å². The summed E-state index contributed by atoms with van der Waals surface area (Å²) >= 11 is 0. The number of nitrogens with zero attached hydrogens (tertiary/aromatic N) is 1. The van der Waals surface area contributed by atoms with E-state index in [2.05, 4.69) is 14.2 Å². The Balaban J connectivity index is 0.00000190. The molecule has 0 saturated carbocycles. The molecule has 1 aromatic heterocycles. The Hall–Kier alpha value is -2.26. The predicted molar refractivity (Wildman–Crippen MR) is 114 cm³/mol. The van der Waals surface area contributed by atoms with Crippen molar-refractivity contribution in [3.63, 3.8) is 0 Å². The highest BCUT2D eigenvalue weighted by Crippen LogP contribution is 2.37. The number of hydrogen-bond donors (Lipinski definition) is 0. The summed E-state index contributed by atoms with van der Waals surface area (Å²) in [6.45, 7) is 7.38. The molecule has 28 heavy (non-hydrogen) atoms. The summed E-state index contributed by atoms with van der Waals surface area (Å²) in [6.07, 6.45) is 3.36. The van der Waals surface area contributed by atoms with Gasteiger partial charge in [0.25, 0.3) is 0 Å². The second kappa shape index (κ2) is 11.6. The minimum absolute atomic E-state index is 0.0688. The summed E-state index contributed by atoms with van der Waals surface area (Å²) in [7, 11) is 3.76. The third kappa shape index (κ3) is 7.40. The molecular weight excluding hydrogens is 373 g/mol. The van der Waals surface area contributed by atoms with Crippen LogP contribution in [0.5, 0.6) is 0 Å². The van der Waals surface area contributed by atoms with Crippen LogP contribution in [0.3, 0.4) is 0 Å². The first kappa shape index (κ1) is 23.8. The number of aromatic nitrogens is 1. The van der Waals surface area contributed by atoms with E-state index in [1.54, 1.807) is 18.5 Å². The van der Waals surface area contributed by atoms with Crippen LogP contribution in [0, 0.1) is 0 Å². The zero-order valence-corrected chi connectivity index (χ0v) is 18.4. The van der Waals surface area contributed by atoms with Crippen LogP contribution in [0.15, 0.2) is 54.9 Å². The van der Waals surface area contributed by atoms with Gasteiger partial charge in [-0.05, 0) is 38.0 Å². The molecule has 1 aromatic carbocycles. The molecule has 0 bridgehead atoms. The van der Waals surface area contributed by atoms with Crippen molar-refractivity contribution < 1.29 is 19.1 Å². The molecule has 0 aliphatic rings. The molecule has 2 rings (SSSR count). The average Bonchev–Trinajstić information content (AvgIpc) is 2.69. The summed E-state index contributed by atoms with van der Waals surface area (Å²) < 4.78 is 10.5. The SMILES string of the molecule is COC(=O)CC(c1ccccc1)C(C(=O)OC(C)(C)C)c1cccnc1.CP. The number of hydrogen-bond acceptors (Lipinski definition) is 5. The summed E-state index contributed by atoms with van der Waals surface area (Å²) in [5.41, 5.74) is 0.946. The largest absolute Gasteiger partial charge is 0.469 e. The molecule has 2 aromatic rings. The standard InChI is InChI=1S/C21H25NO4.CH5P/c1-21(2,3)26-20(24)19(16-11-8-12-22-14-16)17(13-18(23)25-4)15-9-6-5-7-10-15;1-2/h5-12,14,17,19H,13H2,1-4H3;2H2,1H3. The molecule has 5 nitrogen and oxygen atoms in total. The Kier molecular flexibility index (Phi) is 9.81. The summed E-state index contributed by atoms with van der Waals surface area (Å²) in [5, 5.41) is 0. The van der Waals surface area contributed by atoms with Crippen molar-refractivity contribution in [2.45, 2.75) is 44.6 Å². The fourth-order valence-electron chi connectivity index (χ4n) is 2.85. The topological polar surface area (TPSA) is 65.5 Å². The lowest BCUT2D eigenvalue weighted by Gasteiger charge is -2.29. The molecule has 0 aliphatic heterocycles. The molecule has 152 valence electrons. The van der Waals surface area contributed by atoms with Crippen molar-refractivity contribution in [3.05, 3.63) is 66.0 Å². The second-order valence-electron chi connectivity index (χ2n) is 7.09. The van der Waals surface area contributed by atoms with E-state index in [1.807, 2.05) is 63.8 Å². The number of benzene rings is 1. The maximum Gasteiger partial charge on any atom is 0.314 e. The summed E-state index contributed by atoms with van der Waals surface area (Å²) in [6, 6.07) is 13.1. The Morgan fingerprint density at radius 1 is 1.04 bits per heavy atom. The molecule has 0 aliphatic carbocycles. The van der Waals surface area contributed by atoms with E-state index in [1.165, 1.54) is 7.11 Å². The maximum atomic E-state index is 13.0. The third-order valence-corrected chi connectivity index (χ3v) is 3.95. The van der Waals surface area contributed by atoms with Crippen molar-refractivity contribution in [1.82, 2.24) is 4.98 Å². The number of carbonyl (C=O) groups excluding carboxylic acids is 2. The van der Waals surface area contributed by atoms with Gasteiger partial charge in [0.2, 0.25) is 0 Å². The molecule has 0 amide bonds. The van der Waals surface area contributed by atoms with Gasteiger partial charge in [-0.1, -0.05) is 43.1 Å². The van der Waals surface area contributed by atoms with Crippen molar-refractivity contribution in [3.8, 4) is 0 Å². The first-order valence-corrected chi connectivity index (χ1v) is 10.3. The van der Waals surface area contributed by atoms with Crippen molar-refractivity contribution in [2.75, 3.05) is 13.8 Å². The molecule has 0 saturated heterocycles. The van der Waals surface area contributed by atoms with Gasteiger partial charge in [-0.25, -0.2) is 0 Å². The van der Waals surface area contributed by atoms with Gasteiger partial charge in [-0.3, -0.25) is 14.6 Å². The Morgan fingerprint density at radius 3 is 2.14 bits per heavy atom. The monoisotopic (exact) mass is 403 g/mol.